The SMILES string of the molecule is CCOC(=O)/C=C\c1cc(Cc2ccccc2)n(S(=O)(=O)c2ccc(C)cc2)c1C(C#Cc1ccccc1)c1ccccc1. The highest BCUT2D eigenvalue weighted by molar-refractivity contribution is 7.90. The number of carbonyl (C=O) groups excluding carboxylic acids is 1. The molecule has 1 aromatic heterocycles. The normalized spacial score (nSPS) is 12.0. The summed E-state index contributed by atoms with van der Waals surface area (Å²) in [6.07, 6.45) is 3.31. The first kappa shape index (κ1) is 30.3. The van der Waals surface area contributed by atoms with Crippen molar-refractivity contribution in [2.75, 3.05) is 6.61 Å². The van der Waals surface area contributed by atoms with E-state index in [0.717, 1.165) is 22.3 Å². The van der Waals surface area contributed by atoms with Gasteiger partial charge in [0.2, 0.25) is 0 Å². The molecule has 5 nitrogen and oxygen atoms in total. The zero-order valence-electron chi connectivity index (χ0n) is 24.7. The van der Waals surface area contributed by atoms with Crippen LogP contribution < -0.4 is 0 Å². The predicted octanol–water partition coefficient (Wildman–Crippen LogP) is 7.38. The largest absolute Gasteiger partial charge is 0.463 e. The summed E-state index contributed by atoms with van der Waals surface area (Å²) in [5.74, 6) is 5.49. The smallest absolute Gasteiger partial charge is 0.330 e. The highest BCUT2D eigenvalue weighted by Gasteiger charge is 2.30. The van der Waals surface area contributed by atoms with E-state index < -0.39 is 21.9 Å². The standard InChI is InChI=1S/C38H33NO4S/c1-3-43-37(40)26-22-33-28-34(27-31-15-9-5-10-16-31)39(44(41,42)35-23-19-29(2)20-24-35)38(33)36(32-17-11-6-12-18-32)25-21-30-13-7-4-8-14-30/h4-20,22-24,26,28,36H,3,27H2,1-2H3/b26-22-. The molecule has 0 saturated heterocycles. The zero-order chi connectivity index (χ0) is 30.9. The van der Waals surface area contributed by atoms with Crippen LogP contribution in [0.4, 0.5) is 0 Å². The van der Waals surface area contributed by atoms with Gasteiger partial charge in [0, 0.05) is 23.8 Å². The van der Waals surface area contributed by atoms with E-state index in [1.165, 1.54) is 10.0 Å². The first-order chi connectivity index (χ1) is 21.4. The highest BCUT2D eigenvalue weighted by Crippen LogP contribution is 2.35. The molecule has 1 heterocycles. The molecule has 5 aromatic rings. The Morgan fingerprint density at radius 2 is 1.48 bits per heavy atom. The minimum Gasteiger partial charge on any atom is -0.463 e. The number of nitrogens with zero attached hydrogens (tertiary/aromatic N) is 1. The average molecular weight is 600 g/mol. The Morgan fingerprint density at radius 3 is 2.11 bits per heavy atom. The lowest BCUT2D eigenvalue weighted by Gasteiger charge is -2.20. The Balaban J connectivity index is 1.83. The predicted molar refractivity (Wildman–Crippen MR) is 175 cm³/mol. The summed E-state index contributed by atoms with van der Waals surface area (Å²) < 4.78 is 35.9. The van der Waals surface area contributed by atoms with Crippen LogP contribution in [0.1, 0.15) is 52.0 Å². The van der Waals surface area contributed by atoms with Gasteiger partial charge in [-0.3, -0.25) is 0 Å². The third-order valence-corrected chi connectivity index (χ3v) is 8.89. The molecule has 1 unspecified atom stereocenters. The second kappa shape index (κ2) is 13.9. The van der Waals surface area contributed by atoms with Gasteiger partial charge >= 0.3 is 5.97 Å². The van der Waals surface area contributed by atoms with Gasteiger partial charge in [0.1, 0.15) is 0 Å². The van der Waals surface area contributed by atoms with Crippen LogP contribution in [0.3, 0.4) is 0 Å². The van der Waals surface area contributed by atoms with Crippen molar-refractivity contribution in [2.45, 2.75) is 31.1 Å². The second-order valence-corrected chi connectivity index (χ2v) is 12.1. The number of esters is 1. The van der Waals surface area contributed by atoms with E-state index in [9.17, 15) is 13.2 Å². The zero-order valence-corrected chi connectivity index (χ0v) is 25.5. The van der Waals surface area contributed by atoms with Crippen LogP contribution in [0.2, 0.25) is 0 Å². The van der Waals surface area contributed by atoms with Crippen LogP contribution in [0.25, 0.3) is 6.08 Å². The fraction of sp³-hybridized carbons (Fsp3) is 0.132. The lowest BCUT2D eigenvalue weighted by Crippen LogP contribution is -2.21. The molecular formula is C38H33NO4S. The van der Waals surface area contributed by atoms with E-state index >= 15 is 0 Å². The fourth-order valence-corrected chi connectivity index (χ4v) is 6.60. The highest BCUT2D eigenvalue weighted by atomic mass is 32.2. The van der Waals surface area contributed by atoms with Crippen molar-refractivity contribution in [2.24, 2.45) is 0 Å². The van der Waals surface area contributed by atoms with Gasteiger partial charge in [-0.1, -0.05) is 108 Å². The topological polar surface area (TPSA) is 65.4 Å². The minimum absolute atomic E-state index is 0.165. The number of hydrogen-bond donors (Lipinski definition) is 0. The van der Waals surface area contributed by atoms with Crippen molar-refractivity contribution in [3.05, 3.63) is 167 Å². The summed E-state index contributed by atoms with van der Waals surface area (Å²) in [5, 5.41) is 0. The molecule has 44 heavy (non-hydrogen) atoms. The van der Waals surface area contributed by atoms with Crippen molar-refractivity contribution in [3.63, 3.8) is 0 Å². The third-order valence-electron chi connectivity index (χ3n) is 7.11. The molecule has 1 atom stereocenters. The lowest BCUT2D eigenvalue weighted by molar-refractivity contribution is -0.137. The summed E-state index contributed by atoms with van der Waals surface area (Å²) in [6, 6.07) is 37.6. The van der Waals surface area contributed by atoms with E-state index in [4.69, 9.17) is 4.74 Å². The molecule has 4 aromatic carbocycles. The summed E-state index contributed by atoms with van der Waals surface area (Å²) in [7, 11) is -4.10. The Hall–Kier alpha value is -5.12. The molecule has 6 heteroatoms. The maximum atomic E-state index is 14.6. The van der Waals surface area contributed by atoms with E-state index in [1.807, 2.05) is 104 Å². The molecule has 0 saturated carbocycles. The molecule has 0 aliphatic heterocycles. The average Bonchev–Trinajstić information content (AvgIpc) is 3.40. The Bertz CT molecular complexity index is 1910. The van der Waals surface area contributed by atoms with Gasteiger partial charge in [-0.25, -0.2) is 17.2 Å². The van der Waals surface area contributed by atoms with Gasteiger partial charge in [-0.05, 0) is 66.9 Å². The van der Waals surface area contributed by atoms with Crippen LogP contribution in [0.15, 0.2) is 132 Å². The number of rotatable bonds is 9. The van der Waals surface area contributed by atoms with Gasteiger partial charge in [0.05, 0.1) is 23.1 Å². The van der Waals surface area contributed by atoms with Crippen LogP contribution >= 0.6 is 0 Å². The Kier molecular flexibility index (Phi) is 9.59. The molecule has 0 bridgehead atoms. The number of hydrogen-bond acceptors (Lipinski definition) is 4. The third kappa shape index (κ3) is 7.08. The second-order valence-electron chi connectivity index (χ2n) is 10.3. The fourth-order valence-electron chi connectivity index (χ4n) is 5.01. The van der Waals surface area contributed by atoms with E-state index in [0.29, 0.717) is 23.4 Å². The van der Waals surface area contributed by atoms with Gasteiger partial charge in [-0.15, -0.1) is 0 Å². The number of ether oxygens (including phenoxy) is 1. The molecular weight excluding hydrogens is 566 g/mol. The minimum atomic E-state index is -4.10. The maximum Gasteiger partial charge on any atom is 0.330 e. The van der Waals surface area contributed by atoms with Crippen LogP contribution in [-0.4, -0.2) is 25.0 Å². The summed E-state index contributed by atoms with van der Waals surface area (Å²) in [5.41, 5.74) is 5.10. The summed E-state index contributed by atoms with van der Waals surface area (Å²) in [4.78, 5) is 12.6. The molecule has 0 aliphatic carbocycles. The number of benzene rings is 4. The van der Waals surface area contributed by atoms with Crippen molar-refractivity contribution in [1.82, 2.24) is 3.97 Å². The molecule has 0 amide bonds. The molecule has 220 valence electrons. The molecule has 0 radical (unpaired) electrons. The maximum absolute atomic E-state index is 14.6. The lowest BCUT2D eigenvalue weighted by atomic mass is 9.93. The van der Waals surface area contributed by atoms with Crippen molar-refractivity contribution in [3.8, 4) is 11.8 Å². The van der Waals surface area contributed by atoms with Crippen LogP contribution in [0, 0.1) is 18.8 Å². The van der Waals surface area contributed by atoms with Gasteiger partial charge in [0.25, 0.3) is 10.0 Å². The number of carbonyl (C=O) groups is 1. The molecule has 0 N–H and O–H groups in total. The van der Waals surface area contributed by atoms with Gasteiger partial charge in [0.15, 0.2) is 0 Å². The van der Waals surface area contributed by atoms with E-state index in [1.54, 1.807) is 37.3 Å². The number of aromatic nitrogens is 1. The quantitative estimate of drug-likeness (QED) is 0.101. The first-order valence-electron chi connectivity index (χ1n) is 14.4. The summed E-state index contributed by atoms with van der Waals surface area (Å²) >= 11 is 0. The molecule has 5 rings (SSSR count). The van der Waals surface area contributed by atoms with Gasteiger partial charge in [-0.2, -0.15) is 0 Å². The van der Waals surface area contributed by atoms with Gasteiger partial charge < -0.3 is 4.74 Å². The molecule has 0 fully saturated rings. The van der Waals surface area contributed by atoms with Crippen LogP contribution in [-0.2, 0) is 26.0 Å². The monoisotopic (exact) mass is 599 g/mol. The van der Waals surface area contributed by atoms with E-state index in [-0.39, 0.29) is 11.5 Å². The van der Waals surface area contributed by atoms with Crippen molar-refractivity contribution < 1.29 is 17.9 Å². The van der Waals surface area contributed by atoms with Crippen molar-refractivity contribution in [1.29, 1.82) is 0 Å². The van der Waals surface area contributed by atoms with E-state index in [2.05, 4.69) is 11.8 Å². The van der Waals surface area contributed by atoms with Crippen LogP contribution in [0.5, 0.6) is 0 Å². The van der Waals surface area contributed by atoms with Crippen molar-refractivity contribution >= 4 is 22.1 Å². The Morgan fingerprint density at radius 1 is 0.864 bits per heavy atom. The Labute approximate surface area is 259 Å². The number of aryl methyl sites for hydroxylation is 1. The summed E-state index contributed by atoms with van der Waals surface area (Å²) in [6.45, 7) is 3.89. The molecule has 0 spiro atoms. The first-order valence-corrected chi connectivity index (χ1v) is 15.9. The molecule has 0 aliphatic rings.